The van der Waals surface area contributed by atoms with E-state index < -0.39 is 0 Å². The van der Waals surface area contributed by atoms with Crippen molar-refractivity contribution in [2.45, 2.75) is 38.0 Å². The van der Waals surface area contributed by atoms with Crippen molar-refractivity contribution in [3.05, 3.63) is 53.5 Å². The van der Waals surface area contributed by atoms with Crippen molar-refractivity contribution in [1.29, 1.82) is 0 Å². The Kier molecular flexibility index (Phi) is 3.43. The highest BCUT2D eigenvalue weighted by Crippen LogP contribution is 2.47. The lowest BCUT2D eigenvalue weighted by Crippen LogP contribution is -2.37. The van der Waals surface area contributed by atoms with Crippen LogP contribution in [0.1, 0.15) is 43.3 Å². The molecule has 0 amide bonds. The molecule has 3 rings (SSSR count). The van der Waals surface area contributed by atoms with E-state index in [0.29, 0.717) is 0 Å². The highest BCUT2D eigenvalue weighted by atomic mass is 15.0. The molecular weight excluding hydrogens is 246 g/mol. The molecule has 1 aliphatic rings. The van der Waals surface area contributed by atoms with E-state index in [1.54, 1.807) is 0 Å². The van der Waals surface area contributed by atoms with Gasteiger partial charge in [0.2, 0.25) is 0 Å². The second-order valence-electron chi connectivity index (χ2n) is 5.47. The molecule has 1 aliphatic carbocycles. The van der Waals surface area contributed by atoms with Crippen LogP contribution >= 0.6 is 0 Å². The van der Waals surface area contributed by atoms with Gasteiger partial charge in [-0.15, -0.1) is 0 Å². The molecule has 104 valence electrons. The van der Waals surface area contributed by atoms with Crippen molar-refractivity contribution in [3.8, 4) is 0 Å². The third-order valence-electron chi connectivity index (χ3n) is 4.36. The SMILES string of the molecule is CCc1cc(NC)nc(C2(c3ccccc3)CCC2)n1. The topological polar surface area (TPSA) is 37.8 Å². The Bertz CT molecular complexity index is 566. The summed E-state index contributed by atoms with van der Waals surface area (Å²) in [5.74, 6) is 1.91. The van der Waals surface area contributed by atoms with Gasteiger partial charge in [0, 0.05) is 18.8 Å². The molecule has 20 heavy (non-hydrogen) atoms. The second kappa shape index (κ2) is 5.23. The quantitative estimate of drug-likeness (QED) is 0.920. The van der Waals surface area contributed by atoms with Crippen LogP contribution in [-0.4, -0.2) is 17.0 Å². The van der Waals surface area contributed by atoms with Crippen LogP contribution in [-0.2, 0) is 11.8 Å². The summed E-state index contributed by atoms with van der Waals surface area (Å²) in [7, 11) is 1.92. The molecule has 1 saturated carbocycles. The van der Waals surface area contributed by atoms with E-state index in [1.165, 1.54) is 12.0 Å². The molecule has 0 atom stereocenters. The zero-order chi connectivity index (χ0) is 14.0. The van der Waals surface area contributed by atoms with Crippen molar-refractivity contribution in [1.82, 2.24) is 9.97 Å². The maximum absolute atomic E-state index is 4.82. The Morgan fingerprint density at radius 2 is 1.90 bits per heavy atom. The average Bonchev–Trinajstić information content (AvgIpc) is 2.47. The molecule has 0 spiro atoms. The summed E-state index contributed by atoms with van der Waals surface area (Å²) < 4.78 is 0. The number of rotatable bonds is 4. The van der Waals surface area contributed by atoms with Gasteiger partial charge in [0.25, 0.3) is 0 Å². The lowest BCUT2D eigenvalue weighted by Gasteiger charge is -2.41. The van der Waals surface area contributed by atoms with Crippen LogP contribution < -0.4 is 5.32 Å². The van der Waals surface area contributed by atoms with Crippen molar-refractivity contribution < 1.29 is 0 Å². The second-order valence-corrected chi connectivity index (χ2v) is 5.47. The zero-order valence-corrected chi connectivity index (χ0v) is 12.2. The molecule has 1 aromatic carbocycles. The summed E-state index contributed by atoms with van der Waals surface area (Å²) >= 11 is 0. The van der Waals surface area contributed by atoms with Crippen molar-refractivity contribution in [2.24, 2.45) is 0 Å². The number of aryl methyl sites for hydroxylation is 1. The van der Waals surface area contributed by atoms with Crippen LogP contribution in [0.15, 0.2) is 36.4 Å². The van der Waals surface area contributed by atoms with Gasteiger partial charge in [-0.2, -0.15) is 0 Å². The maximum Gasteiger partial charge on any atom is 0.141 e. The van der Waals surface area contributed by atoms with Gasteiger partial charge in [-0.05, 0) is 24.8 Å². The van der Waals surface area contributed by atoms with E-state index in [0.717, 1.165) is 36.6 Å². The Balaban J connectivity index is 2.10. The summed E-state index contributed by atoms with van der Waals surface area (Å²) in [6, 6.07) is 12.7. The van der Waals surface area contributed by atoms with Gasteiger partial charge in [0.15, 0.2) is 0 Å². The molecule has 0 saturated heterocycles. The summed E-state index contributed by atoms with van der Waals surface area (Å²) in [5.41, 5.74) is 2.49. The first-order valence-electron chi connectivity index (χ1n) is 7.40. The molecule has 3 nitrogen and oxygen atoms in total. The lowest BCUT2D eigenvalue weighted by molar-refractivity contribution is 0.284. The van der Waals surface area contributed by atoms with Gasteiger partial charge in [0.05, 0.1) is 5.41 Å². The minimum Gasteiger partial charge on any atom is -0.373 e. The van der Waals surface area contributed by atoms with Crippen LogP contribution in [0.5, 0.6) is 0 Å². The van der Waals surface area contributed by atoms with E-state index in [4.69, 9.17) is 9.97 Å². The lowest BCUT2D eigenvalue weighted by atomic mass is 9.64. The molecule has 0 aliphatic heterocycles. The molecule has 0 radical (unpaired) electrons. The Morgan fingerprint density at radius 1 is 1.15 bits per heavy atom. The fourth-order valence-electron chi connectivity index (χ4n) is 2.95. The molecule has 0 bridgehead atoms. The van der Waals surface area contributed by atoms with E-state index >= 15 is 0 Å². The Labute approximate surface area is 120 Å². The predicted octanol–water partition coefficient (Wildman–Crippen LogP) is 3.55. The van der Waals surface area contributed by atoms with Crippen LogP contribution in [0.25, 0.3) is 0 Å². The average molecular weight is 267 g/mol. The molecule has 1 N–H and O–H groups in total. The highest BCUT2D eigenvalue weighted by Gasteiger charge is 2.43. The van der Waals surface area contributed by atoms with Crippen LogP contribution in [0.3, 0.4) is 0 Å². The number of nitrogens with zero attached hydrogens (tertiary/aromatic N) is 2. The fraction of sp³-hybridized carbons (Fsp3) is 0.412. The van der Waals surface area contributed by atoms with Gasteiger partial charge in [-0.25, -0.2) is 9.97 Å². The molecule has 1 heterocycles. The first-order valence-corrected chi connectivity index (χ1v) is 7.40. The maximum atomic E-state index is 4.82. The smallest absolute Gasteiger partial charge is 0.141 e. The first kappa shape index (κ1) is 13.1. The number of hydrogen-bond acceptors (Lipinski definition) is 3. The van der Waals surface area contributed by atoms with Crippen LogP contribution in [0.2, 0.25) is 0 Å². The van der Waals surface area contributed by atoms with Gasteiger partial charge in [-0.1, -0.05) is 43.7 Å². The standard InChI is InChI=1S/C17H21N3/c1-3-14-12-15(18-2)20-16(19-14)17(10-7-11-17)13-8-5-4-6-9-13/h4-6,8-9,12H,3,7,10-11H2,1-2H3,(H,18,19,20). The minimum absolute atomic E-state index is 0.0258. The van der Waals surface area contributed by atoms with E-state index in [9.17, 15) is 0 Å². The Morgan fingerprint density at radius 3 is 2.45 bits per heavy atom. The van der Waals surface area contributed by atoms with Gasteiger partial charge in [0.1, 0.15) is 11.6 Å². The van der Waals surface area contributed by atoms with Gasteiger partial charge < -0.3 is 5.32 Å². The number of aromatic nitrogens is 2. The summed E-state index contributed by atoms with van der Waals surface area (Å²) in [4.78, 5) is 9.57. The third-order valence-corrected chi connectivity index (χ3v) is 4.36. The normalized spacial score (nSPS) is 16.5. The van der Waals surface area contributed by atoms with E-state index in [-0.39, 0.29) is 5.41 Å². The van der Waals surface area contributed by atoms with Crippen LogP contribution in [0.4, 0.5) is 5.82 Å². The number of benzene rings is 1. The Hall–Kier alpha value is -1.90. The molecule has 2 aromatic rings. The van der Waals surface area contributed by atoms with Crippen LogP contribution in [0, 0.1) is 0 Å². The van der Waals surface area contributed by atoms with Crippen molar-refractivity contribution in [3.63, 3.8) is 0 Å². The number of hydrogen-bond donors (Lipinski definition) is 1. The van der Waals surface area contributed by atoms with Gasteiger partial charge in [-0.3, -0.25) is 0 Å². The monoisotopic (exact) mass is 267 g/mol. The number of nitrogens with one attached hydrogen (secondary N) is 1. The summed E-state index contributed by atoms with van der Waals surface area (Å²) in [6.45, 7) is 2.14. The zero-order valence-electron chi connectivity index (χ0n) is 12.2. The predicted molar refractivity (Wildman–Crippen MR) is 82.0 cm³/mol. The number of anilines is 1. The van der Waals surface area contributed by atoms with Gasteiger partial charge >= 0.3 is 0 Å². The minimum atomic E-state index is 0.0258. The summed E-state index contributed by atoms with van der Waals surface area (Å²) in [6.07, 6.45) is 4.49. The van der Waals surface area contributed by atoms with Crippen molar-refractivity contribution >= 4 is 5.82 Å². The molecular formula is C17H21N3. The molecule has 1 fully saturated rings. The van der Waals surface area contributed by atoms with E-state index in [1.807, 2.05) is 13.1 Å². The van der Waals surface area contributed by atoms with Crippen molar-refractivity contribution in [2.75, 3.05) is 12.4 Å². The largest absolute Gasteiger partial charge is 0.373 e. The van der Waals surface area contributed by atoms with E-state index in [2.05, 4.69) is 42.6 Å². The molecule has 1 aromatic heterocycles. The first-order chi connectivity index (χ1) is 9.78. The fourth-order valence-corrected chi connectivity index (χ4v) is 2.95. The third kappa shape index (κ3) is 2.07. The molecule has 3 heteroatoms. The molecule has 0 unspecified atom stereocenters. The highest BCUT2D eigenvalue weighted by molar-refractivity contribution is 5.41. The summed E-state index contributed by atoms with van der Waals surface area (Å²) in [5, 5.41) is 3.16.